The highest BCUT2D eigenvalue weighted by Gasteiger charge is 2.19. The van der Waals surface area contributed by atoms with Crippen molar-refractivity contribution in [1.29, 1.82) is 0 Å². The summed E-state index contributed by atoms with van der Waals surface area (Å²) in [6.07, 6.45) is 3.14. The van der Waals surface area contributed by atoms with Gasteiger partial charge < -0.3 is 10.5 Å². The van der Waals surface area contributed by atoms with E-state index >= 15 is 0 Å². The maximum Gasteiger partial charge on any atom is 0.229 e. The number of aryl methyl sites for hydroxylation is 3. The maximum absolute atomic E-state index is 5.96. The Bertz CT molecular complexity index is 730. The molecule has 3 nitrogen and oxygen atoms in total. The van der Waals surface area contributed by atoms with E-state index in [9.17, 15) is 0 Å². The average molecular weight is 363 g/mol. The predicted octanol–water partition coefficient (Wildman–Crippen LogP) is 4.07. The van der Waals surface area contributed by atoms with Gasteiger partial charge in [-0.15, -0.1) is 0 Å². The molecule has 0 spiro atoms. The third-order valence-electron chi connectivity index (χ3n) is 3.58. The summed E-state index contributed by atoms with van der Waals surface area (Å²) in [6, 6.07) is 7.93. The summed E-state index contributed by atoms with van der Waals surface area (Å²) in [7, 11) is 0. The molecule has 0 amide bonds. The summed E-state index contributed by atoms with van der Waals surface area (Å²) in [4.78, 5) is 4.94. The molecule has 5 heteroatoms. The van der Waals surface area contributed by atoms with Crippen LogP contribution in [0, 0.1) is 6.92 Å². The maximum atomic E-state index is 5.96. The minimum Gasteiger partial charge on any atom is -0.437 e. The molecule has 0 saturated heterocycles. The number of thiocarbonyl (C=S) groups is 1. The highest BCUT2D eigenvalue weighted by atomic mass is 79.9. The second-order valence-electron chi connectivity index (χ2n) is 5.20. The van der Waals surface area contributed by atoms with Crippen molar-refractivity contribution in [2.75, 3.05) is 0 Å². The van der Waals surface area contributed by atoms with E-state index in [-0.39, 0.29) is 0 Å². The molecule has 1 aliphatic rings. The number of pyridine rings is 1. The molecule has 0 aliphatic heterocycles. The van der Waals surface area contributed by atoms with Crippen LogP contribution in [0.25, 0.3) is 0 Å². The van der Waals surface area contributed by atoms with Crippen LogP contribution in [-0.4, -0.2) is 9.97 Å². The van der Waals surface area contributed by atoms with Crippen molar-refractivity contribution in [3.8, 4) is 11.6 Å². The van der Waals surface area contributed by atoms with Crippen molar-refractivity contribution in [1.82, 2.24) is 4.98 Å². The number of fused-ring (bicyclic) bond motifs is 1. The molecule has 1 heterocycles. The second kappa shape index (κ2) is 5.73. The molecule has 1 aromatic carbocycles. The first kappa shape index (κ1) is 14.5. The highest BCUT2D eigenvalue weighted by Crippen LogP contribution is 2.33. The summed E-state index contributed by atoms with van der Waals surface area (Å²) in [5.41, 5.74) is 10.0. The second-order valence-corrected chi connectivity index (χ2v) is 6.49. The van der Waals surface area contributed by atoms with Crippen LogP contribution in [0.3, 0.4) is 0 Å². The molecule has 3 rings (SSSR count). The van der Waals surface area contributed by atoms with Gasteiger partial charge in [-0.1, -0.05) is 18.3 Å². The molecule has 0 unspecified atom stereocenters. The van der Waals surface area contributed by atoms with E-state index in [4.69, 9.17) is 22.7 Å². The van der Waals surface area contributed by atoms with Gasteiger partial charge in [-0.05, 0) is 71.4 Å². The zero-order valence-corrected chi connectivity index (χ0v) is 14.1. The normalized spacial score (nSPS) is 13.0. The lowest BCUT2D eigenvalue weighted by Gasteiger charge is -2.13. The minimum absolute atomic E-state index is 0.315. The fourth-order valence-corrected chi connectivity index (χ4v) is 3.22. The van der Waals surface area contributed by atoms with Crippen LogP contribution in [-0.2, 0) is 12.8 Å². The topological polar surface area (TPSA) is 48.1 Å². The van der Waals surface area contributed by atoms with Crippen molar-refractivity contribution < 1.29 is 4.74 Å². The average Bonchev–Trinajstić information content (AvgIpc) is 2.88. The molecule has 108 valence electrons. The van der Waals surface area contributed by atoms with E-state index in [1.807, 2.05) is 31.2 Å². The molecular weight excluding hydrogens is 348 g/mol. The number of benzene rings is 1. The molecule has 2 aromatic rings. The Morgan fingerprint density at radius 2 is 2.14 bits per heavy atom. The van der Waals surface area contributed by atoms with Gasteiger partial charge in [-0.3, -0.25) is 0 Å². The number of nitrogens with zero attached hydrogens (tertiary/aromatic N) is 1. The SMILES string of the molecule is Cc1ccc(Oc2nc3c(cc2C(N)=S)CCC3)c(Br)c1. The number of ether oxygens (including phenoxy) is 1. The van der Waals surface area contributed by atoms with Gasteiger partial charge in [0.15, 0.2) is 0 Å². The summed E-state index contributed by atoms with van der Waals surface area (Å²) in [5.74, 6) is 1.20. The van der Waals surface area contributed by atoms with E-state index in [1.165, 1.54) is 5.56 Å². The molecular formula is C16H15BrN2OS. The smallest absolute Gasteiger partial charge is 0.229 e. The fourth-order valence-electron chi connectivity index (χ4n) is 2.50. The summed E-state index contributed by atoms with van der Waals surface area (Å²) >= 11 is 8.65. The van der Waals surface area contributed by atoms with E-state index < -0.39 is 0 Å². The lowest BCUT2D eigenvalue weighted by Crippen LogP contribution is -2.13. The van der Waals surface area contributed by atoms with Crippen LogP contribution in [0.1, 0.15) is 28.8 Å². The number of rotatable bonds is 3. The van der Waals surface area contributed by atoms with E-state index in [2.05, 4.69) is 20.9 Å². The Morgan fingerprint density at radius 3 is 2.86 bits per heavy atom. The van der Waals surface area contributed by atoms with Crippen LogP contribution in [0.4, 0.5) is 0 Å². The molecule has 0 bridgehead atoms. The number of nitrogens with two attached hydrogens (primary N) is 1. The summed E-state index contributed by atoms with van der Waals surface area (Å²) in [6.45, 7) is 2.03. The molecule has 1 aromatic heterocycles. The molecule has 1 aliphatic carbocycles. The van der Waals surface area contributed by atoms with Gasteiger partial charge in [0.2, 0.25) is 5.88 Å². The number of halogens is 1. The lowest BCUT2D eigenvalue weighted by atomic mass is 10.1. The van der Waals surface area contributed by atoms with Gasteiger partial charge >= 0.3 is 0 Å². The number of hydrogen-bond donors (Lipinski definition) is 1. The molecule has 0 radical (unpaired) electrons. The van der Waals surface area contributed by atoms with E-state index in [0.29, 0.717) is 22.2 Å². The van der Waals surface area contributed by atoms with Crippen LogP contribution in [0.2, 0.25) is 0 Å². The predicted molar refractivity (Wildman–Crippen MR) is 91.1 cm³/mol. The van der Waals surface area contributed by atoms with Crippen molar-refractivity contribution in [3.63, 3.8) is 0 Å². The first-order valence-electron chi connectivity index (χ1n) is 6.81. The first-order valence-corrected chi connectivity index (χ1v) is 8.01. The Balaban J connectivity index is 2.03. The Labute approximate surface area is 137 Å². The number of aromatic nitrogens is 1. The minimum atomic E-state index is 0.315. The third-order valence-corrected chi connectivity index (χ3v) is 4.41. The van der Waals surface area contributed by atoms with Crippen molar-refractivity contribution >= 4 is 33.1 Å². The van der Waals surface area contributed by atoms with E-state index in [1.54, 1.807) is 0 Å². The van der Waals surface area contributed by atoms with Crippen LogP contribution >= 0.6 is 28.1 Å². The first-order chi connectivity index (χ1) is 10.0. The Morgan fingerprint density at radius 1 is 1.33 bits per heavy atom. The largest absolute Gasteiger partial charge is 0.437 e. The van der Waals surface area contributed by atoms with Crippen molar-refractivity contribution in [2.45, 2.75) is 26.2 Å². The van der Waals surface area contributed by atoms with Crippen LogP contribution in [0.5, 0.6) is 11.6 Å². The Hall–Kier alpha value is -1.46. The summed E-state index contributed by atoms with van der Waals surface area (Å²) in [5, 5.41) is 0. The standard InChI is InChI=1S/C16H15BrN2OS/c1-9-5-6-14(12(17)7-9)20-16-11(15(18)21)8-10-3-2-4-13(10)19-16/h5-8H,2-4H2,1H3,(H2,18,21). The zero-order valence-electron chi connectivity index (χ0n) is 11.6. The molecule has 2 N–H and O–H groups in total. The molecule has 0 atom stereocenters. The third kappa shape index (κ3) is 2.94. The van der Waals surface area contributed by atoms with Crippen molar-refractivity contribution in [3.05, 3.63) is 51.1 Å². The Kier molecular flexibility index (Phi) is 3.95. The van der Waals surface area contributed by atoms with Crippen molar-refractivity contribution in [2.24, 2.45) is 5.73 Å². The van der Waals surface area contributed by atoms with Gasteiger partial charge in [0.1, 0.15) is 10.7 Å². The molecule has 21 heavy (non-hydrogen) atoms. The van der Waals surface area contributed by atoms with E-state index in [0.717, 1.165) is 35.0 Å². The van der Waals surface area contributed by atoms with Gasteiger partial charge in [0.25, 0.3) is 0 Å². The summed E-state index contributed by atoms with van der Waals surface area (Å²) < 4.78 is 6.84. The fraction of sp³-hybridized carbons (Fsp3) is 0.250. The van der Waals surface area contributed by atoms with Crippen LogP contribution in [0.15, 0.2) is 28.7 Å². The van der Waals surface area contributed by atoms with Crippen LogP contribution < -0.4 is 10.5 Å². The molecule has 0 saturated carbocycles. The monoisotopic (exact) mass is 362 g/mol. The zero-order chi connectivity index (χ0) is 15.0. The highest BCUT2D eigenvalue weighted by molar-refractivity contribution is 9.10. The number of hydrogen-bond acceptors (Lipinski definition) is 3. The quantitative estimate of drug-likeness (QED) is 0.836. The lowest BCUT2D eigenvalue weighted by molar-refractivity contribution is 0.457. The van der Waals surface area contributed by atoms with Gasteiger partial charge in [-0.2, -0.15) is 0 Å². The van der Waals surface area contributed by atoms with Gasteiger partial charge in [0, 0.05) is 5.69 Å². The van der Waals surface area contributed by atoms with Gasteiger partial charge in [-0.25, -0.2) is 4.98 Å². The van der Waals surface area contributed by atoms with Gasteiger partial charge in [0.05, 0.1) is 10.0 Å². The molecule has 0 fully saturated rings.